The minimum absolute atomic E-state index is 0.452. The quantitative estimate of drug-likeness (QED) is 0.218. The van der Waals surface area contributed by atoms with Crippen molar-refractivity contribution in [1.29, 1.82) is 0 Å². The number of ether oxygens (including phenoxy) is 1. The minimum Gasteiger partial charge on any atom is -0.506 e. The zero-order valence-electron chi connectivity index (χ0n) is 4.31. The molecule has 0 N–H and O–H groups in total. The number of hydrogen-bond donors (Lipinski definition) is 0. The van der Waals surface area contributed by atoms with Crippen LogP contribution in [0.2, 0.25) is 0 Å². The van der Waals surface area contributed by atoms with E-state index in [0.717, 1.165) is 0 Å². The lowest BCUT2D eigenvalue weighted by Gasteiger charge is -1.88. The first-order valence-corrected chi connectivity index (χ1v) is 1.92. The van der Waals surface area contributed by atoms with Crippen molar-refractivity contribution in [1.82, 2.24) is 0 Å². The zero-order valence-corrected chi connectivity index (χ0v) is 4.31. The Balaban J connectivity index is 2.82. The van der Waals surface area contributed by atoms with Crippen LogP contribution in [0.1, 0.15) is 0 Å². The highest BCUT2D eigenvalue weighted by Gasteiger charge is 1.66. The van der Waals surface area contributed by atoms with Crippen molar-refractivity contribution < 1.29 is 9.16 Å². The molecule has 0 aromatic carbocycles. The molecule has 0 fully saturated rings. The summed E-state index contributed by atoms with van der Waals surface area (Å²) in [4.78, 5) is 0. The Morgan fingerprint density at radius 3 is 3.14 bits per heavy atom. The van der Waals surface area contributed by atoms with Crippen LogP contribution in [0.5, 0.6) is 0 Å². The Morgan fingerprint density at radius 1 is 2.00 bits per heavy atom. The monoisotopic (exact) mass is 100 g/mol. The van der Waals surface area contributed by atoms with Gasteiger partial charge in [-0.3, -0.25) is 0 Å². The SMILES string of the molecule is C=CCO[C-]=[O+]C. The van der Waals surface area contributed by atoms with Gasteiger partial charge in [-0.2, -0.15) is 0 Å². The smallest absolute Gasteiger partial charge is 0.170 e. The van der Waals surface area contributed by atoms with E-state index in [9.17, 15) is 0 Å². The normalized spacial score (nSPS) is 9.29. The third kappa shape index (κ3) is 5.21. The van der Waals surface area contributed by atoms with E-state index < -0.39 is 0 Å². The second-order valence-electron chi connectivity index (χ2n) is 0.887. The first kappa shape index (κ1) is 6.21. The highest BCUT2D eigenvalue weighted by atomic mass is 16.6. The van der Waals surface area contributed by atoms with Crippen LogP contribution in [-0.4, -0.2) is 20.2 Å². The second kappa shape index (κ2) is 5.21. The van der Waals surface area contributed by atoms with Crippen molar-refractivity contribution in [3.05, 3.63) is 12.7 Å². The van der Waals surface area contributed by atoms with Gasteiger partial charge in [0.15, 0.2) is 13.1 Å². The van der Waals surface area contributed by atoms with Crippen LogP contribution in [-0.2, 0) is 9.16 Å². The van der Waals surface area contributed by atoms with E-state index in [1.807, 2.05) is 0 Å². The summed E-state index contributed by atoms with van der Waals surface area (Å²) in [5, 5.41) is 0. The lowest BCUT2D eigenvalue weighted by molar-refractivity contribution is 0.135. The molecule has 0 bridgehead atoms. The summed E-state index contributed by atoms with van der Waals surface area (Å²) < 4.78 is 8.87. The van der Waals surface area contributed by atoms with Crippen molar-refractivity contribution in [3.63, 3.8) is 0 Å². The molecule has 0 atom stereocenters. The fourth-order valence-electron chi connectivity index (χ4n) is 0.152. The minimum atomic E-state index is 0.452. The van der Waals surface area contributed by atoms with Gasteiger partial charge in [0.1, 0.15) is 7.11 Å². The molecule has 0 unspecified atom stereocenters. The molecule has 0 spiro atoms. The third-order valence-corrected chi connectivity index (χ3v) is 0.343. The van der Waals surface area contributed by atoms with Crippen molar-refractivity contribution >= 4 is 6.47 Å². The molecule has 0 aliphatic heterocycles. The Bertz CT molecular complexity index is 66.5. The summed E-state index contributed by atoms with van der Waals surface area (Å²) in [7, 11) is 1.48. The number of carbonyl (C=O) groups excluding carboxylic acids is 1. The summed E-state index contributed by atoms with van der Waals surface area (Å²) in [5.41, 5.74) is 0. The third-order valence-electron chi connectivity index (χ3n) is 0.343. The summed E-state index contributed by atoms with van der Waals surface area (Å²) >= 11 is 0. The van der Waals surface area contributed by atoms with E-state index in [4.69, 9.17) is 0 Å². The average molecular weight is 100 g/mol. The van der Waals surface area contributed by atoms with Crippen LogP contribution in [0.25, 0.3) is 0 Å². The fourth-order valence-corrected chi connectivity index (χ4v) is 0.152. The Labute approximate surface area is 43.1 Å². The highest BCUT2D eigenvalue weighted by Crippen LogP contribution is 1.64. The molecule has 0 amide bonds. The number of hydrogen-bond acceptors (Lipinski definition) is 1. The maximum absolute atomic E-state index is 4.54. The number of rotatable bonds is 3. The largest absolute Gasteiger partial charge is 0.506 e. The van der Waals surface area contributed by atoms with Crippen LogP contribution in [0.3, 0.4) is 0 Å². The fraction of sp³-hybridized carbons (Fsp3) is 0.400. The predicted octanol–water partition coefficient (Wildman–Crippen LogP) is 0.422. The summed E-state index contributed by atoms with van der Waals surface area (Å²) in [6.07, 6.45) is 1.62. The molecule has 0 aromatic heterocycles. The molecular weight excluding hydrogens is 92.1 g/mol. The lowest BCUT2D eigenvalue weighted by Crippen LogP contribution is -1.86. The van der Waals surface area contributed by atoms with E-state index in [-0.39, 0.29) is 0 Å². The van der Waals surface area contributed by atoms with Gasteiger partial charge in [-0.15, -0.1) is 0 Å². The van der Waals surface area contributed by atoms with Gasteiger partial charge in [0.05, 0.1) is 0 Å². The zero-order chi connectivity index (χ0) is 5.54. The van der Waals surface area contributed by atoms with Crippen molar-refractivity contribution in [2.45, 2.75) is 0 Å². The van der Waals surface area contributed by atoms with Crippen molar-refractivity contribution in [2.75, 3.05) is 13.7 Å². The van der Waals surface area contributed by atoms with E-state index >= 15 is 0 Å². The summed E-state index contributed by atoms with van der Waals surface area (Å²) in [5.74, 6) is 0. The maximum Gasteiger partial charge on any atom is 0.170 e. The van der Waals surface area contributed by atoms with Gasteiger partial charge in [0.25, 0.3) is 0 Å². The predicted molar refractivity (Wildman–Crippen MR) is 27.8 cm³/mol. The Kier molecular flexibility index (Phi) is 4.62. The van der Waals surface area contributed by atoms with Crippen molar-refractivity contribution in [3.8, 4) is 0 Å². The van der Waals surface area contributed by atoms with Gasteiger partial charge in [0, 0.05) is 0 Å². The van der Waals surface area contributed by atoms with Gasteiger partial charge in [0.2, 0.25) is 0 Å². The first-order chi connectivity index (χ1) is 3.41. The molecule has 2 heteroatoms. The standard InChI is InChI=1S/C5H8O2/c1-3-4-7-5-6-2/h3H,1,4H2,2H3. The molecule has 0 heterocycles. The second-order valence-corrected chi connectivity index (χ2v) is 0.887. The average Bonchev–Trinajstić information content (AvgIpc) is 1.69. The van der Waals surface area contributed by atoms with Crippen LogP contribution >= 0.6 is 0 Å². The molecule has 7 heavy (non-hydrogen) atoms. The molecular formula is C5H8O2. The first-order valence-electron chi connectivity index (χ1n) is 1.92. The van der Waals surface area contributed by atoms with Gasteiger partial charge >= 0.3 is 0 Å². The molecule has 0 radical (unpaired) electrons. The van der Waals surface area contributed by atoms with E-state index in [1.165, 1.54) is 7.11 Å². The molecule has 0 rings (SSSR count). The van der Waals surface area contributed by atoms with Crippen molar-refractivity contribution in [2.24, 2.45) is 0 Å². The summed E-state index contributed by atoms with van der Waals surface area (Å²) in [6.45, 7) is 6.04. The van der Waals surface area contributed by atoms with Gasteiger partial charge < -0.3 is 9.16 Å². The van der Waals surface area contributed by atoms with E-state index in [2.05, 4.69) is 22.2 Å². The molecule has 2 nitrogen and oxygen atoms in total. The molecule has 0 aliphatic carbocycles. The van der Waals surface area contributed by atoms with E-state index in [1.54, 1.807) is 6.08 Å². The van der Waals surface area contributed by atoms with Crippen LogP contribution in [0, 0.1) is 0 Å². The highest BCUT2D eigenvalue weighted by molar-refractivity contribution is 5.39. The van der Waals surface area contributed by atoms with Gasteiger partial charge in [-0.1, -0.05) is 6.58 Å². The van der Waals surface area contributed by atoms with Gasteiger partial charge in [-0.05, 0) is 6.08 Å². The molecule has 0 saturated carbocycles. The molecule has 0 aliphatic rings. The topological polar surface area (TPSA) is 20.5 Å². The molecule has 0 aromatic rings. The molecule has 40 valence electrons. The summed E-state index contributed by atoms with van der Waals surface area (Å²) in [6, 6.07) is 0. The van der Waals surface area contributed by atoms with Crippen LogP contribution in [0.4, 0.5) is 0 Å². The maximum atomic E-state index is 4.54. The van der Waals surface area contributed by atoms with Gasteiger partial charge in [-0.25, -0.2) is 0 Å². The van der Waals surface area contributed by atoms with Crippen LogP contribution < -0.4 is 0 Å². The lowest BCUT2D eigenvalue weighted by atomic mass is 10.7. The van der Waals surface area contributed by atoms with E-state index in [0.29, 0.717) is 6.61 Å². The Morgan fingerprint density at radius 2 is 2.71 bits per heavy atom. The van der Waals surface area contributed by atoms with Crippen LogP contribution in [0.15, 0.2) is 12.7 Å². The Hall–Kier alpha value is -0.790. The molecule has 0 saturated heterocycles.